The van der Waals surface area contributed by atoms with Gasteiger partial charge in [-0.3, -0.25) is 0 Å². The number of carbonyl (C=O) groups is 1. The Balaban J connectivity index is 0. The second kappa shape index (κ2) is 5.33. The van der Waals surface area contributed by atoms with Crippen LogP contribution in [0.5, 0.6) is 0 Å². The van der Waals surface area contributed by atoms with Crippen LogP contribution in [0.2, 0.25) is 0 Å². The van der Waals surface area contributed by atoms with Gasteiger partial charge in [0.1, 0.15) is 0 Å². The molecule has 0 atom stereocenters. The van der Waals surface area contributed by atoms with E-state index in [1.165, 1.54) is 0 Å². The van der Waals surface area contributed by atoms with Gasteiger partial charge in [0.15, 0.2) is 0 Å². The number of carbonyl (C=O) groups excluding carboxylic acids is 1. The van der Waals surface area contributed by atoms with Gasteiger partial charge in [-0.05, 0) is 0 Å². The molecule has 0 saturated heterocycles. The van der Waals surface area contributed by atoms with Gasteiger partial charge < -0.3 is 34.3 Å². The smallest absolute Gasteiger partial charge is 0.0826 e. The molecule has 0 spiro atoms. The van der Waals surface area contributed by atoms with Crippen LogP contribution in [-0.4, -0.2) is 17.7 Å². The van der Waals surface area contributed by atoms with Crippen molar-refractivity contribution in [1.82, 2.24) is 0 Å². The number of aliphatic hydroxyl groups is 1. The number of aliphatic carboxylic acids is 1. The molecule has 0 aromatic heterocycles. The topological polar surface area (TPSA) is 147 Å². The highest BCUT2D eigenvalue weighted by atomic mass is 31.2. The molecule has 0 radical (unpaired) electrons. The van der Waals surface area contributed by atoms with Crippen LogP contribution < -0.4 is 19.8 Å². The molecule has 0 saturated carbocycles. The zero-order valence-corrected chi connectivity index (χ0v) is 5.45. The Morgan fingerprint density at radius 1 is 1.40 bits per heavy atom. The second-order valence-corrected chi connectivity index (χ2v) is 1.87. The molecule has 1 N–H and O–H groups in total. The van der Waals surface area contributed by atoms with Crippen molar-refractivity contribution in [3.05, 3.63) is 0 Å². The Labute approximate surface area is 55.8 Å². The summed E-state index contributed by atoms with van der Waals surface area (Å²) in [5.74, 6) is -1.44. The third-order valence-electron chi connectivity index (χ3n) is 0.129. The molecule has 0 amide bonds. The van der Waals surface area contributed by atoms with Crippen LogP contribution in [0.15, 0.2) is 0 Å². The number of aliphatic hydroxyl groups excluding tert-OH is 1. The summed E-state index contributed by atoms with van der Waals surface area (Å²) in [6, 6.07) is 0. The van der Waals surface area contributed by atoms with Crippen molar-refractivity contribution in [3.63, 3.8) is 0 Å². The van der Waals surface area contributed by atoms with Gasteiger partial charge >= 0.3 is 0 Å². The Morgan fingerprint density at radius 2 is 1.50 bits per heavy atom. The van der Waals surface area contributed by atoms with Crippen molar-refractivity contribution in [1.29, 1.82) is 0 Å². The molecule has 0 heterocycles. The lowest BCUT2D eigenvalue weighted by atomic mass is 10.8. The summed E-state index contributed by atoms with van der Waals surface area (Å²) < 4.78 is 8.55. The quantitative estimate of drug-likeness (QED) is 0.387. The van der Waals surface area contributed by atoms with E-state index >= 15 is 0 Å². The van der Waals surface area contributed by atoms with Crippen LogP contribution in [0.3, 0.4) is 0 Å². The largest absolute Gasteiger partial charge is 0.822 e. The highest BCUT2D eigenvalue weighted by molar-refractivity contribution is 7.40. The molecule has 0 aliphatic carbocycles. The van der Waals surface area contributed by atoms with E-state index in [0.717, 1.165) is 0 Å². The van der Waals surface area contributed by atoms with Crippen molar-refractivity contribution in [2.75, 3.05) is 6.61 Å². The molecule has 0 unspecified atom stereocenters. The average Bonchev–Trinajstić information content (AvgIpc) is 1.61. The third kappa shape index (κ3) is 136. The maximum absolute atomic E-state index is 9.01. The van der Waals surface area contributed by atoms with Crippen molar-refractivity contribution in [2.24, 2.45) is 0 Å². The van der Waals surface area contributed by atoms with Crippen LogP contribution in [0.1, 0.15) is 0 Å². The van der Waals surface area contributed by atoms with Gasteiger partial charge in [-0.15, -0.1) is 0 Å². The SMILES string of the molecule is O=C([O-])CO.O=P([O-])([O-])[O-]. The van der Waals surface area contributed by atoms with Crippen molar-refractivity contribution in [2.45, 2.75) is 0 Å². The molecule has 0 bridgehead atoms. The minimum atomic E-state index is -5.39. The molecule has 10 heavy (non-hydrogen) atoms. The molecule has 8 heteroatoms. The summed E-state index contributed by atoms with van der Waals surface area (Å²) in [5.41, 5.74) is 0. The van der Waals surface area contributed by atoms with Gasteiger partial charge in [-0.2, -0.15) is 7.82 Å². The maximum Gasteiger partial charge on any atom is 0.0826 e. The number of hydrogen-bond donors (Lipinski definition) is 1. The first-order valence-electron chi connectivity index (χ1n) is 1.81. The van der Waals surface area contributed by atoms with Gasteiger partial charge in [0.25, 0.3) is 0 Å². The van der Waals surface area contributed by atoms with E-state index < -0.39 is 20.4 Å². The van der Waals surface area contributed by atoms with E-state index in [4.69, 9.17) is 34.3 Å². The molecular formula is C2H3O7P-4. The van der Waals surface area contributed by atoms with Gasteiger partial charge in [0.05, 0.1) is 12.6 Å². The first kappa shape index (κ1) is 12.2. The zero-order valence-electron chi connectivity index (χ0n) is 4.55. The second-order valence-electron chi connectivity index (χ2n) is 0.977. The number of carboxylic acid groups (broad SMARTS) is 1. The number of rotatable bonds is 1. The van der Waals surface area contributed by atoms with Gasteiger partial charge in [0, 0.05) is 0 Å². The number of phosphoric acid groups is 1. The summed E-state index contributed by atoms with van der Waals surface area (Å²) in [6.07, 6.45) is 0. The van der Waals surface area contributed by atoms with Crippen molar-refractivity contribution < 1.29 is 34.3 Å². The van der Waals surface area contributed by atoms with Crippen molar-refractivity contribution >= 4 is 13.8 Å². The van der Waals surface area contributed by atoms with Gasteiger partial charge in [-0.1, -0.05) is 0 Å². The Morgan fingerprint density at radius 3 is 1.50 bits per heavy atom. The highest BCUT2D eigenvalue weighted by Gasteiger charge is 1.66. The van der Waals surface area contributed by atoms with Crippen LogP contribution in [0.25, 0.3) is 0 Å². The first-order valence-corrected chi connectivity index (χ1v) is 3.27. The average molecular weight is 170 g/mol. The molecule has 0 aliphatic heterocycles. The molecule has 7 nitrogen and oxygen atoms in total. The molecule has 0 rings (SSSR count). The fourth-order valence-corrected chi connectivity index (χ4v) is 0. The summed E-state index contributed by atoms with van der Waals surface area (Å²) in [7, 11) is -5.39. The van der Waals surface area contributed by atoms with Crippen LogP contribution in [-0.2, 0) is 9.36 Å². The Hall–Kier alpha value is -0.460. The highest BCUT2D eigenvalue weighted by Crippen LogP contribution is 2.03. The number of carboxylic acids is 1. The minimum Gasteiger partial charge on any atom is -0.822 e. The fourth-order valence-electron chi connectivity index (χ4n) is 0. The maximum atomic E-state index is 9.01. The molecule has 0 aliphatic rings. The summed E-state index contributed by atoms with van der Waals surface area (Å²) >= 11 is 0. The van der Waals surface area contributed by atoms with E-state index in [1.807, 2.05) is 0 Å². The monoisotopic (exact) mass is 170 g/mol. The molecular weight excluding hydrogens is 167 g/mol. The summed E-state index contributed by atoms with van der Waals surface area (Å²) in [4.78, 5) is 34.7. The van der Waals surface area contributed by atoms with E-state index in [2.05, 4.69) is 0 Å². The van der Waals surface area contributed by atoms with Crippen molar-refractivity contribution in [3.8, 4) is 0 Å². The molecule has 0 aromatic carbocycles. The standard InChI is InChI=1S/C2H4O3.H3O4P/c3-1-2(4)5;1-5(2,3)4/h3H,1H2,(H,4,5);(H3,1,2,3,4)/p-4. The van der Waals surface area contributed by atoms with Crippen LogP contribution >= 0.6 is 7.82 Å². The van der Waals surface area contributed by atoms with Crippen LogP contribution in [0.4, 0.5) is 0 Å². The minimum absolute atomic E-state index is 0.889. The van der Waals surface area contributed by atoms with E-state index in [0.29, 0.717) is 0 Å². The van der Waals surface area contributed by atoms with Gasteiger partial charge in [0.2, 0.25) is 0 Å². The number of hydrogen-bond acceptors (Lipinski definition) is 7. The lowest BCUT2D eigenvalue weighted by Gasteiger charge is -2.36. The summed E-state index contributed by atoms with van der Waals surface area (Å²) in [6.45, 7) is -0.889. The normalized spacial score (nSPS) is 9.60. The Kier molecular flexibility index (Phi) is 6.53. The predicted octanol–water partition coefficient (Wildman–Crippen LogP) is -5.10. The lowest BCUT2D eigenvalue weighted by Crippen LogP contribution is -2.25. The predicted molar refractivity (Wildman–Crippen MR) is 19.7 cm³/mol. The van der Waals surface area contributed by atoms with E-state index in [9.17, 15) is 0 Å². The third-order valence-corrected chi connectivity index (χ3v) is 0.129. The van der Waals surface area contributed by atoms with Crippen LogP contribution in [0, 0.1) is 0 Å². The summed E-state index contributed by atoms with van der Waals surface area (Å²) in [5, 5.41) is 16.5. The van der Waals surface area contributed by atoms with E-state index in [1.54, 1.807) is 0 Å². The Bertz CT molecular complexity index is 126. The molecule has 62 valence electrons. The fraction of sp³-hybridized carbons (Fsp3) is 0.500. The lowest BCUT2D eigenvalue weighted by molar-refractivity contribution is -0.432. The van der Waals surface area contributed by atoms with E-state index in [-0.39, 0.29) is 0 Å². The van der Waals surface area contributed by atoms with Gasteiger partial charge in [-0.25, -0.2) is 0 Å². The zero-order chi connectivity index (χ0) is 8.78. The molecule has 0 fully saturated rings. The molecule has 0 aromatic rings. The first-order chi connectivity index (χ1) is 4.27.